The quantitative estimate of drug-likeness (QED) is 0.812. The Morgan fingerprint density at radius 2 is 2.22 bits per heavy atom. The van der Waals surface area contributed by atoms with Gasteiger partial charge in [0.15, 0.2) is 0 Å². The van der Waals surface area contributed by atoms with E-state index in [1.54, 1.807) is 0 Å². The Hall–Kier alpha value is -1.26. The summed E-state index contributed by atoms with van der Waals surface area (Å²) in [5.74, 6) is 0. The normalized spacial score (nSPS) is 18.7. The predicted octanol–water partition coefficient (Wildman–Crippen LogP) is 2.99. The molecule has 1 aromatic carbocycles. The minimum absolute atomic E-state index is 0.329. The van der Waals surface area contributed by atoms with Crippen molar-refractivity contribution in [2.45, 2.75) is 32.2 Å². The van der Waals surface area contributed by atoms with Gasteiger partial charge in [0, 0.05) is 17.3 Å². The van der Waals surface area contributed by atoms with E-state index in [1.165, 1.54) is 28.9 Å². The second-order valence-corrected chi connectivity index (χ2v) is 5.08. The zero-order valence-electron chi connectivity index (χ0n) is 10.4. The van der Waals surface area contributed by atoms with Crippen molar-refractivity contribution in [1.82, 2.24) is 14.5 Å². The zero-order valence-corrected chi connectivity index (χ0v) is 11.3. The second kappa shape index (κ2) is 4.78. The van der Waals surface area contributed by atoms with Gasteiger partial charge in [0.25, 0.3) is 0 Å². The number of hydrogen-bond donors (Lipinski definition) is 2. The van der Waals surface area contributed by atoms with Gasteiger partial charge < -0.3 is 0 Å². The maximum absolute atomic E-state index is 4.57. The third kappa shape index (κ3) is 1.85. The van der Waals surface area contributed by atoms with Crippen molar-refractivity contribution in [2.24, 2.45) is 0 Å². The van der Waals surface area contributed by atoms with Crippen molar-refractivity contribution >= 4 is 12.8 Å². The number of hydrogen-bond acceptors (Lipinski definition) is 3. The van der Waals surface area contributed by atoms with Gasteiger partial charge in [-0.3, -0.25) is 4.72 Å². The van der Waals surface area contributed by atoms with Gasteiger partial charge in [0.1, 0.15) is 0 Å². The fourth-order valence-electron chi connectivity index (χ4n) is 2.70. The Bertz CT molecular complexity index is 562. The van der Waals surface area contributed by atoms with Crippen LogP contribution in [0.5, 0.6) is 0 Å². The van der Waals surface area contributed by atoms with Crippen LogP contribution in [0.2, 0.25) is 0 Å². The van der Waals surface area contributed by atoms with E-state index in [-0.39, 0.29) is 0 Å². The summed E-state index contributed by atoms with van der Waals surface area (Å²) < 4.78 is 5.17. The van der Waals surface area contributed by atoms with E-state index in [2.05, 4.69) is 58.5 Å². The van der Waals surface area contributed by atoms with Gasteiger partial charge in [0.2, 0.25) is 0 Å². The van der Waals surface area contributed by atoms with Gasteiger partial charge >= 0.3 is 0 Å². The molecule has 0 aliphatic heterocycles. The van der Waals surface area contributed by atoms with Gasteiger partial charge in [-0.15, -0.1) is 0 Å². The van der Waals surface area contributed by atoms with E-state index in [4.69, 9.17) is 0 Å². The summed E-state index contributed by atoms with van der Waals surface area (Å²) in [5, 5.41) is 4.57. The Balaban J connectivity index is 2.10. The van der Waals surface area contributed by atoms with E-state index in [9.17, 15) is 0 Å². The standard InChI is InChI=1S/C14H17N3S/c1-10-5-2-3-7-13(10)17-14-8-4-6-12(16-18)11(14)9-15-17/h2-3,5,7,9,12,16,18H,4,6,8H2,1H3/t12-/m1/s1. The molecule has 0 saturated heterocycles. The summed E-state index contributed by atoms with van der Waals surface area (Å²) >= 11 is 4.22. The first-order valence-corrected chi connectivity index (χ1v) is 6.78. The molecule has 0 saturated carbocycles. The summed E-state index contributed by atoms with van der Waals surface area (Å²) in [6.07, 6.45) is 5.39. The maximum atomic E-state index is 4.57. The molecule has 2 aromatic rings. The van der Waals surface area contributed by atoms with Crippen LogP contribution in [0.4, 0.5) is 0 Å². The van der Waals surface area contributed by atoms with Gasteiger partial charge in [-0.1, -0.05) is 31.0 Å². The van der Waals surface area contributed by atoms with Crippen molar-refractivity contribution in [3.63, 3.8) is 0 Å². The monoisotopic (exact) mass is 259 g/mol. The number of fused-ring (bicyclic) bond motifs is 1. The van der Waals surface area contributed by atoms with Gasteiger partial charge in [-0.25, -0.2) is 4.68 Å². The molecule has 3 nitrogen and oxygen atoms in total. The number of para-hydroxylation sites is 1. The Labute approximate surface area is 113 Å². The number of aryl methyl sites for hydroxylation is 1. The minimum atomic E-state index is 0.329. The number of thiol groups is 1. The molecule has 18 heavy (non-hydrogen) atoms. The maximum Gasteiger partial charge on any atom is 0.0678 e. The molecule has 94 valence electrons. The highest BCUT2D eigenvalue weighted by Gasteiger charge is 2.24. The molecule has 0 spiro atoms. The topological polar surface area (TPSA) is 29.9 Å². The Kier molecular flexibility index (Phi) is 3.14. The predicted molar refractivity (Wildman–Crippen MR) is 76.1 cm³/mol. The van der Waals surface area contributed by atoms with Crippen LogP contribution in [0, 0.1) is 6.92 Å². The molecule has 0 amide bonds. The summed E-state index contributed by atoms with van der Waals surface area (Å²) in [4.78, 5) is 0. The number of benzene rings is 1. The number of aromatic nitrogens is 2. The van der Waals surface area contributed by atoms with Crippen molar-refractivity contribution < 1.29 is 0 Å². The average molecular weight is 259 g/mol. The summed E-state index contributed by atoms with van der Waals surface area (Å²) in [6, 6.07) is 8.70. The molecule has 1 atom stereocenters. The van der Waals surface area contributed by atoms with Crippen molar-refractivity contribution in [1.29, 1.82) is 0 Å². The number of nitrogens with one attached hydrogen (secondary N) is 1. The third-order valence-electron chi connectivity index (χ3n) is 3.68. The number of nitrogens with zero attached hydrogens (tertiary/aromatic N) is 2. The first-order chi connectivity index (χ1) is 8.81. The fraction of sp³-hybridized carbons (Fsp3) is 0.357. The molecule has 3 rings (SSSR count). The van der Waals surface area contributed by atoms with E-state index in [0.29, 0.717) is 6.04 Å². The highest BCUT2D eigenvalue weighted by atomic mass is 32.1. The molecule has 1 heterocycles. The molecule has 1 N–H and O–H groups in total. The van der Waals surface area contributed by atoms with E-state index < -0.39 is 0 Å². The Morgan fingerprint density at radius 3 is 3.00 bits per heavy atom. The van der Waals surface area contributed by atoms with Gasteiger partial charge in [0.05, 0.1) is 11.9 Å². The smallest absolute Gasteiger partial charge is 0.0678 e. The van der Waals surface area contributed by atoms with E-state index in [0.717, 1.165) is 12.8 Å². The van der Waals surface area contributed by atoms with Crippen LogP contribution in [0.1, 0.15) is 35.7 Å². The Morgan fingerprint density at radius 1 is 1.39 bits per heavy atom. The SMILES string of the molecule is Cc1ccccc1-n1ncc2c1CCC[C@H]2NS. The van der Waals surface area contributed by atoms with Crippen LogP contribution >= 0.6 is 12.8 Å². The van der Waals surface area contributed by atoms with Crippen molar-refractivity contribution in [3.05, 3.63) is 47.3 Å². The van der Waals surface area contributed by atoms with Gasteiger partial charge in [-0.05, 0) is 37.8 Å². The first kappa shape index (κ1) is 11.8. The first-order valence-electron chi connectivity index (χ1n) is 6.33. The lowest BCUT2D eigenvalue weighted by Crippen LogP contribution is -2.18. The second-order valence-electron chi connectivity index (χ2n) is 4.82. The molecular weight excluding hydrogens is 242 g/mol. The van der Waals surface area contributed by atoms with E-state index >= 15 is 0 Å². The number of rotatable bonds is 2. The van der Waals surface area contributed by atoms with Crippen LogP contribution in [-0.2, 0) is 6.42 Å². The van der Waals surface area contributed by atoms with Crippen LogP contribution in [0.3, 0.4) is 0 Å². The lowest BCUT2D eigenvalue weighted by molar-refractivity contribution is 0.534. The largest absolute Gasteiger partial charge is 0.259 e. The molecule has 1 aromatic heterocycles. The molecular formula is C14H17N3S. The summed E-state index contributed by atoms with van der Waals surface area (Å²) in [7, 11) is 0. The van der Waals surface area contributed by atoms with Crippen LogP contribution in [-0.4, -0.2) is 9.78 Å². The van der Waals surface area contributed by atoms with Crippen molar-refractivity contribution in [3.8, 4) is 5.69 Å². The third-order valence-corrected chi connectivity index (χ3v) is 3.99. The zero-order chi connectivity index (χ0) is 12.5. The highest BCUT2D eigenvalue weighted by molar-refractivity contribution is 7.78. The average Bonchev–Trinajstić information content (AvgIpc) is 2.83. The lowest BCUT2D eigenvalue weighted by Gasteiger charge is -2.22. The molecule has 4 heteroatoms. The lowest BCUT2D eigenvalue weighted by atomic mass is 9.93. The fourth-order valence-corrected chi connectivity index (χ4v) is 2.97. The molecule has 0 bridgehead atoms. The molecule has 0 unspecified atom stereocenters. The van der Waals surface area contributed by atoms with Crippen molar-refractivity contribution in [2.75, 3.05) is 0 Å². The minimum Gasteiger partial charge on any atom is -0.259 e. The summed E-state index contributed by atoms with van der Waals surface area (Å²) in [5.41, 5.74) is 5.05. The van der Waals surface area contributed by atoms with E-state index in [1.807, 2.05) is 6.20 Å². The van der Waals surface area contributed by atoms with Crippen LogP contribution in [0.25, 0.3) is 5.69 Å². The molecule has 1 aliphatic carbocycles. The molecule has 1 aliphatic rings. The highest BCUT2D eigenvalue weighted by Crippen LogP contribution is 2.31. The summed E-state index contributed by atoms with van der Waals surface area (Å²) in [6.45, 7) is 2.13. The van der Waals surface area contributed by atoms with Crippen LogP contribution < -0.4 is 4.72 Å². The molecule has 0 radical (unpaired) electrons. The van der Waals surface area contributed by atoms with Gasteiger partial charge in [-0.2, -0.15) is 5.10 Å². The van der Waals surface area contributed by atoms with Crippen LogP contribution in [0.15, 0.2) is 30.5 Å². The molecule has 0 fully saturated rings.